The molecule has 0 radical (unpaired) electrons. The van der Waals surface area contributed by atoms with Gasteiger partial charge in [-0.05, 0) is 61.7 Å². The first-order valence-corrected chi connectivity index (χ1v) is 7.71. The summed E-state index contributed by atoms with van der Waals surface area (Å²) in [5, 5.41) is 11.4. The summed E-state index contributed by atoms with van der Waals surface area (Å²) in [4.78, 5) is 22.7. The van der Waals surface area contributed by atoms with Gasteiger partial charge in [0, 0.05) is 13.0 Å². The Morgan fingerprint density at radius 3 is 2.10 bits per heavy atom. The number of rotatable bonds is 5. The van der Waals surface area contributed by atoms with Gasteiger partial charge < -0.3 is 16.2 Å². The van der Waals surface area contributed by atoms with E-state index in [9.17, 15) is 9.59 Å². The van der Waals surface area contributed by atoms with Crippen LogP contribution in [0.15, 0.2) is 0 Å². The van der Waals surface area contributed by atoms with Crippen LogP contribution in [0.2, 0.25) is 0 Å². The van der Waals surface area contributed by atoms with Gasteiger partial charge in [0.05, 0.1) is 0 Å². The first-order chi connectivity index (χ1) is 9.46. The third-order valence-electron chi connectivity index (χ3n) is 5.54. The Hall–Kier alpha value is -1.10. The second-order valence-electron chi connectivity index (χ2n) is 7.34. The van der Waals surface area contributed by atoms with Crippen molar-refractivity contribution in [3.05, 3.63) is 0 Å². The van der Waals surface area contributed by atoms with Gasteiger partial charge in [0.25, 0.3) is 0 Å². The molecule has 4 aliphatic carbocycles. The average molecular weight is 280 g/mol. The van der Waals surface area contributed by atoms with Crippen LogP contribution in [0.3, 0.4) is 0 Å². The van der Waals surface area contributed by atoms with E-state index >= 15 is 0 Å². The Labute approximate surface area is 119 Å². The molecule has 1 amide bonds. The maximum absolute atomic E-state index is 12.1. The predicted octanol–water partition coefficient (Wildman–Crippen LogP) is 1.12. The number of hydrogen-bond acceptors (Lipinski definition) is 3. The van der Waals surface area contributed by atoms with Crippen molar-refractivity contribution in [2.24, 2.45) is 28.9 Å². The number of nitrogens with one attached hydrogen (secondary N) is 1. The predicted molar refractivity (Wildman–Crippen MR) is 73.8 cm³/mol. The van der Waals surface area contributed by atoms with Crippen molar-refractivity contribution >= 4 is 11.9 Å². The first kappa shape index (κ1) is 13.9. The van der Waals surface area contributed by atoms with Gasteiger partial charge in [-0.2, -0.15) is 0 Å². The van der Waals surface area contributed by atoms with E-state index in [-0.39, 0.29) is 17.9 Å². The molecule has 4 rings (SSSR count). The van der Waals surface area contributed by atoms with E-state index in [1.54, 1.807) is 0 Å². The molecule has 1 unspecified atom stereocenters. The number of aliphatic carboxylic acids is 1. The van der Waals surface area contributed by atoms with Crippen LogP contribution >= 0.6 is 0 Å². The van der Waals surface area contributed by atoms with Crippen molar-refractivity contribution < 1.29 is 14.7 Å². The van der Waals surface area contributed by atoms with Gasteiger partial charge in [0.2, 0.25) is 5.91 Å². The third-order valence-corrected chi connectivity index (χ3v) is 5.54. The summed E-state index contributed by atoms with van der Waals surface area (Å²) in [7, 11) is 0. The Morgan fingerprint density at radius 2 is 1.65 bits per heavy atom. The number of nitrogens with two attached hydrogens (primary N) is 1. The first-order valence-electron chi connectivity index (χ1n) is 7.71. The quantitative estimate of drug-likeness (QED) is 0.703. The lowest BCUT2D eigenvalue weighted by atomic mass is 9.49. The fourth-order valence-electron chi connectivity index (χ4n) is 5.22. The van der Waals surface area contributed by atoms with Crippen molar-refractivity contribution in [1.82, 2.24) is 5.32 Å². The second-order valence-corrected chi connectivity index (χ2v) is 7.34. The third kappa shape index (κ3) is 2.68. The number of carbonyl (C=O) groups is 2. The summed E-state index contributed by atoms with van der Waals surface area (Å²) < 4.78 is 0. The van der Waals surface area contributed by atoms with Gasteiger partial charge in [-0.15, -0.1) is 0 Å². The molecule has 0 saturated heterocycles. The standard InChI is InChI=1S/C15H24N2O3/c16-12(14(19)20)8-17-13(18)7-15-4-9-1-10(5-15)3-11(2-9)6-15/h9-12H,1-8,16H2,(H,17,18)(H,19,20). The van der Waals surface area contributed by atoms with E-state index in [1.807, 2.05) is 0 Å². The molecular weight excluding hydrogens is 256 g/mol. The monoisotopic (exact) mass is 280 g/mol. The van der Waals surface area contributed by atoms with Crippen molar-refractivity contribution in [3.63, 3.8) is 0 Å². The minimum Gasteiger partial charge on any atom is -0.480 e. The fraction of sp³-hybridized carbons (Fsp3) is 0.867. The highest BCUT2D eigenvalue weighted by molar-refractivity contribution is 5.79. The van der Waals surface area contributed by atoms with Crippen LogP contribution in [0.1, 0.15) is 44.9 Å². The molecule has 5 heteroatoms. The normalized spacial score (nSPS) is 39.5. The molecule has 4 N–H and O–H groups in total. The van der Waals surface area contributed by atoms with Crippen LogP contribution in [-0.2, 0) is 9.59 Å². The fourth-order valence-corrected chi connectivity index (χ4v) is 5.22. The van der Waals surface area contributed by atoms with Crippen LogP contribution < -0.4 is 11.1 Å². The number of amides is 1. The van der Waals surface area contributed by atoms with Crippen LogP contribution in [0.25, 0.3) is 0 Å². The highest BCUT2D eigenvalue weighted by atomic mass is 16.4. The van der Waals surface area contributed by atoms with Crippen LogP contribution in [-0.4, -0.2) is 29.6 Å². The summed E-state index contributed by atoms with van der Waals surface area (Å²) in [6, 6.07) is -1.00. The maximum Gasteiger partial charge on any atom is 0.322 e. The molecule has 4 fully saturated rings. The maximum atomic E-state index is 12.1. The van der Waals surface area contributed by atoms with E-state index in [1.165, 1.54) is 38.5 Å². The Bertz CT molecular complexity index is 386. The van der Waals surface area contributed by atoms with E-state index < -0.39 is 12.0 Å². The molecule has 112 valence electrons. The molecule has 0 spiro atoms. The van der Waals surface area contributed by atoms with Gasteiger partial charge in [-0.1, -0.05) is 0 Å². The van der Waals surface area contributed by atoms with E-state index in [2.05, 4.69) is 5.32 Å². The summed E-state index contributed by atoms with van der Waals surface area (Å²) in [5.74, 6) is 1.39. The van der Waals surface area contributed by atoms with Crippen LogP contribution in [0.4, 0.5) is 0 Å². The summed E-state index contributed by atoms with van der Waals surface area (Å²) in [6.45, 7) is 0.0283. The highest BCUT2D eigenvalue weighted by Gasteiger charge is 2.51. The Balaban J connectivity index is 1.55. The van der Waals surface area contributed by atoms with Crippen molar-refractivity contribution in [3.8, 4) is 0 Å². The molecule has 4 bridgehead atoms. The SMILES string of the molecule is NC(CNC(=O)CC12CC3CC(CC(C3)C1)C2)C(=O)O. The van der Waals surface area contributed by atoms with Gasteiger partial charge in [0.1, 0.15) is 6.04 Å². The molecule has 4 aliphatic rings. The van der Waals surface area contributed by atoms with Crippen molar-refractivity contribution in [2.75, 3.05) is 6.54 Å². The van der Waals surface area contributed by atoms with Gasteiger partial charge in [-0.25, -0.2) is 0 Å². The Kier molecular flexibility index (Phi) is 3.48. The molecule has 0 aromatic heterocycles. The smallest absolute Gasteiger partial charge is 0.322 e. The molecule has 1 atom stereocenters. The molecular formula is C15H24N2O3. The lowest BCUT2D eigenvalue weighted by Crippen LogP contribution is -2.49. The summed E-state index contributed by atoms with van der Waals surface area (Å²) in [6.07, 6.45) is 8.23. The van der Waals surface area contributed by atoms with Crippen LogP contribution in [0, 0.1) is 23.2 Å². The average Bonchev–Trinajstić information content (AvgIpc) is 2.33. The van der Waals surface area contributed by atoms with Gasteiger partial charge in [0.15, 0.2) is 0 Å². The van der Waals surface area contributed by atoms with E-state index in [0.29, 0.717) is 6.42 Å². The Morgan fingerprint density at radius 1 is 1.15 bits per heavy atom. The minimum absolute atomic E-state index is 0.0244. The molecule has 0 aliphatic heterocycles. The second kappa shape index (κ2) is 5.02. The zero-order valence-corrected chi connectivity index (χ0v) is 11.8. The van der Waals surface area contributed by atoms with Crippen LogP contribution in [0.5, 0.6) is 0 Å². The molecule has 5 nitrogen and oxygen atoms in total. The van der Waals surface area contributed by atoms with E-state index in [0.717, 1.165) is 17.8 Å². The molecule has 20 heavy (non-hydrogen) atoms. The van der Waals surface area contributed by atoms with E-state index in [4.69, 9.17) is 10.8 Å². The molecule has 0 aromatic carbocycles. The molecule has 4 saturated carbocycles. The lowest BCUT2D eigenvalue weighted by molar-refractivity contribution is -0.138. The zero-order valence-electron chi connectivity index (χ0n) is 11.8. The van der Waals surface area contributed by atoms with Gasteiger partial charge in [-0.3, -0.25) is 9.59 Å². The molecule has 0 heterocycles. The van der Waals surface area contributed by atoms with Crippen molar-refractivity contribution in [2.45, 2.75) is 51.0 Å². The highest BCUT2D eigenvalue weighted by Crippen LogP contribution is 2.61. The number of hydrogen-bond donors (Lipinski definition) is 3. The lowest BCUT2D eigenvalue weighted by Gasteiger charge is -2.56. The summed E-state index contributed by atoms with van der Waals surface area (Å²) in [5.41, 5.74) is 5.61. The van der Waals surface area contributed by atoms with Crippen molar-refractivity contribution in [1.29, 1.82) is 0 Å². The minimum atomic E-state index is -1.07. The topological polar surface area (TPSA) is 92.4 Å². The zero-order chi connectivity index (χ0) is 14.3. The number of carbonyl (C=O) groups excluding carboxylic acids is 1. The molecule has 0 aromatic rings. The largest absolute Gasteiger partial charge is 0.480 e. The number of carboxylic acids is 1. The summed E-state index contributed by atoms with van der Waals surface area (Å²) >= 11 is 0. The van der Waals surface area contributed by atoms with Gasteiger partial charge >= 0.3 is 5.97 Å². The number of carboxylic acid groups (broad SMARTS) is 1.